The van der Waals surface area contributed by atoms with Crippen LogP contribution in [0.3, 0.4) is 0 Å². The minimum atomic E-state index is -0.490. The number of hydrogen-bond acceptors (Lipinski definition) is 4. The lowest BCUT2D eigenvalue weighted by Crippen LogP contribution is -2.12. The maximum atomic E-state index is 11.5. The fourth-order valence-electron chi connectivity index (χ4n) is 0.924. The highest BCUT2D eigenvalue weighted by Gasteiger charge is 2.15. The maximum absolute atomic E-state index is 11.5. The Kier molecular flexibility index (Phi) is 3.60. The van der Waals surface area contributed by atoms with E-state index >= 15 is 0 Å². The number of carbonyl (C=O) groups excluding carboxylic acids is 2. The highest BCUT2D eigenvalue weighted by Crippen LogP contribution is 2.24. The van der Waals surface area contributed by atoms with E-state index in [1.165, 1.54) is 11.3 Å². The van der Waals surface area contributed by atoms with E-state index in [1.807, 2.05) is 0 Å². The predicted molar refractivity (Wildman–Crippen MR) is 54.6 cm³/mol. The lowest BCUT2D eigenvalue weighted by atomic mass is 10.2. The van der Waals surface area contributed by atoms with Crippen LogP contribution >= 0.6 is 22.9 Å². The Balaban J connectivity index is 2.69. The third-order valence-electron chi connectivity index (χ3n) is 1.54. The number of nitrogens with zero attached hydrogens (tertiary/aromatic N) is 1. The molecule has 0 unspecified atom stereocenters. The van der Waals surface area contributed by atoms with Crippen LogP contribution in [0.5, 0.6) is 0 Å². The SMILES string of the molecule is Cc1nc(Cl)c(C(=O)CCC(N)=O)s1. The minimum absolute atomic E-state index is 0.0477. The third-order valence-corrected chi connectivity index (χ3v) is 2.94. The van der Waals surface area contributed by atoms with Crippen LogP contribution in [0.25, 0.3) is 0 Å². The van der Waals surface area contributed by atoms with Gasteiger partial charge < -0.3 is 5.73 Å². The lowest BCUT2D eigenvalue weighted by molar-refractivity contribution is -0.117. The van der Waals surface area contributed by atoms with Crippen molar-refractivity contribution in [1.29, 1.82) is 0 Å². The van der Waals surface area contributed by atoms with Gasteiger partial charge in [0.2, 0.25) is 5.91 Å². The number of carbonyl (C=O) groups is 2. The molecule has 4 nitrogen and oxygen atoms in total. The molecule has 0 atom stereocenters. The molecule has 2 N–H and O–H groups in total. The molecule has 1 amide bonds. The molecule has 0 aliphatic heterocycles. The average molecular weight is 233 g/mol. The van der Waals surface area contributed by atoms with Crippen LogP contribution in [0.15, 0.2) is 0 Å². The summed E-state index contributed by atoms with van der Waals surface area (Å²) in [5.41, 5.74) is 4.93. The molecule has 0 bridgehead atoms. The molecule has 0 saturated carbocycles. The number of rotatable bonds is 4. The predicted octanol–water partition coefficient (Wildman–Crippen LogP) is 1.55. The first-order valence-corrected chi connectivity index (χ1v) is 5.14. The first-order valence-electron chi connectivity index (χ1n) is 3.95. The molecular weight excluding hydrogens is 224 g/mol. The van der Waals surface area contributed by atoms with Crippen LogP contribution in [-0.2, 0) is 4.79 Å². The third kappa shape index (κ3) is 2.78. The van der Waals surface area contributed by atoms with Crippen LogP contribution in [0, 0.1) is 6.92 Å². The highest BCUT2D eigenvalue weighted by atomic mass is 35.5. The van der Waals surface area contributed by atoms with Crippen molar-refractivity contribution in [3.05, 3.63) is 15.0 Å². The van der Waals surface area contributed by atoms with Gasteiger partial charge in [-0.2, -0.15) is 0 Å². The van der Waals surface area contributed by atoms with Crippen LogP contribution in [0.4, 0.5) is 0 Å². The number of Topliss-reactive ketones (excluding diaryl/α,β-unsaturated/α-hetero) is 1. The maximum Gasteiger partial charge on any atom is 0.217 e. The van der Waals surface area contributed by atoms with E-state index in [-0.39, 0.29) is 23.8 Å². The van der Waals surface area contributed by atoms with Gasteiger partial charge >= 0.3 is 0 Å². The summed E-state index contributed by atoms with van der Waals surface area (Å²) in [6.07, 6.45) is 0.142. The number of aromatic nitrogens is 1. The molecule has 0 aliphatic rings. The van der Waals surface area contributed by atoms with Crippen molar-refractivity contribution in [1.82, 2.24) is 4.98 Å². The first-order chi connectivity index (χ1) is 6.50. The second kappa shape index (κ2) is 4.52. The van der Waals surface area contributed by atoms with E-state index in [4.69, 9.17) is 17.3 Å². The summed E-state index contributed by atoms with van der Waals surface area (Å²) in [4.78, 5) is 26.2. The van der Waals surface area contributed by atoms with Crippen molar-refractivity contribution in [2.24, 2.45) is 5.73 Å². The van der Waals surface area contributed by atoms with Crippen molar-refractivity contribution in [2.75, 3.05) is 0 Å². The topological polar surface area (TPSA) is 73.1 Å². The van der Waals surface area contributed by atoms with Crippen molar-refractivity contribution in [2.45, 2.75) is 19.8 Å². The summed E-state index contributed by atoms with van der Waals surface area (Å²) in [7, 11) is 0. The molecule has 0 fully saturated rings. The van der Waals surface area contributed by atoms with E-state index in [0.29, 0.717) is 4.88 Å². The van der Waals surface area contributed by atoms with Crippen LogP contribution < -0.4 is 5.73 Å². The van der Waals surface area contributed by atoms with Gasteiger partial charge in [-0.15, -0.1) is 11.3 Å². The fourth-order valence-corrected chi connectivity index (χ4v) is 2.10. The van der Waals surface area contributed by atoms with Gasteiger partial charge in [-0.25, -0.2) is 4.98 Å². The van der Waals surface area contributed by atoms with Gasteiger partial charge in [0.15, 0.2) is 10.9 Å². The molecule has 1 aromatic rings. The summed E-state index contributed by atoms with van der Waals surface area (Å²) in [6.45, 7) is 1.77. The number of ketones is 1. The molecule has 0 aromatic carbocycles. The average Bonchev–Trinajstić information content (AvgIpc) is 2.41. The van der Waals surface area contributed by atoms with Gasteiger partial charge in [0.1, 0.15) is 4.88 Å². The van der Waals surface area contributed by atoms with Gasteiger partial charge in [-0.3, -0.25) is 9.59 Å². The van der Waals surface area contributed by atoms with Crippen LogP contribution in [0.1, 0.15) is 27.5 Å². The number of amides is 1. The number of aryl methyl sites for hydroxylation is 1. The number of hydrogen-bond donors (Lipinski definition) is 1. The Labute approximate surface area is 90.1 Å². The van der Waals surface area contributed by atoms with Crippen molar-refractivity contribution < 1.29 is 9.59 Å². The molecular formula is C8H9ClN2O2S. The smallest absolute Gasteiger partial charge is 0.217 e. The Morgan fingerprint density at radius 3 is 2.57 bits per heavy atom. The number of primary amides is 1. The number of thiazole rings is 1. The number of halogens is 1. The fraction of sp³-hybridized carbons (Fsp3) is 0.375. The summed E-state index contributed by atoms with van der Waals surface area (Å²) >= 11 is 6.95. The molecule has 0 aliphatic carbocycles. The highest BCUT2D eigenvalue weighted by molar-refractivity contribution is 7.14. The largest absolute Gasteiger partial charge is 0.370 e. The van der Waals surface area contributed by atoms with Crippen molar-refractivity contribution >= 4 is 34.6 Å². The first kappa shape index (κ1) is 11.1. The summed E-state index contributed by atoms with van der Waals surface area (Å²) in [6, 6.07) is 0. The van der Waals surface area contributed by atoms with E-state index in [0.717, 1.165) is 5.01 Å². The van der Waals surface area contributed by atoms with Crippen molar-refractivity contribution in [3.63, 3.8) is 0 Å². The molecule has 1 heterocycles. The van der Waals surface area contributed by atoms with Gasteiger partial charge in [-0.1, -0.05) is 11.6 Å². The zero-order valence-electron chi connectivity index (χ0n) is 7.54. The second-order valence-corrected chi connectivity index (χ2v) is 4.30. The molecule has 0 spiro atoms. The van der Waals surface area contributed by atoms with E-state index < -0.39 is 5.91 Å². The normalized spacial score (nSPS) is 10.1. The molecule has 14 heavy (non-hydrogen) atoms. The Hall–Kier alpha value is -0.940. The molecule has 1 aromatic heterocycles. The van der Waals surface area contributed by atoms with Gasteiger partial charge in [-0.05, 0) is 6.92 Å². The summed E-state index contributed by atoms with van der Waals surface area (Å²) < 4.78 is 0. The molecule has 0 radical (unpaired) electrons. The quantitative estimate of drug-likeness (QED) is 0.801. The van der Waals surface area contributed by atoms with E-state index in [9.17, 15) is 9.59 Å². The Morgan fingerprint density at radius 1 is 1.50 bits per heavy atom. The molecule has 1 rings (SSSR count). The van der Waals surface area contributed by atoms with Gasteiger partial charge in [0, 0.05) is 12.8 Å². The van der Waals surface area contributed by atoms with E-state index in [1.54, 1.807) is 6.92 Å². The zero-order valence-corrected chi connectivity index (χ0v) is 9.11. The van der Waals surface area contributed by atoms with Crippen LogP contribution in [-0.4, -0.2) is 16.7 Å². The molecule has 0 saturated heterocycles. The Bertz CT molecular complexity index is 375. The second-order valence-electron chi connectivity index (χ2n) is 2.74. The monoisotopic (exact) mass is 232 g/mol. The summed E-state index contributed by atoms with van der Waals surface area (Å²) in [5.74, 6) is -0.671. The lowest BCUT2D eigenvalue weighted by Gasteiger charge is -1.94. The Morgan fingerprint density at radius 2 is 2.14 bits per heavy atom. The summed E-state index contributed by atoms with van der Waals surface area (Å²) in [5, 5.41) is 0.944. The molecule has 76 valence electrons. The van der Waals surface area contributed by atoms with Gasteiger partial charge in [0.25, 0.3) is 0 Å². The van der Waals surface area contributed by atoms with Crippen LogP contribution in [0.2, 0.25) is 5.15 Å². The van der Waals surface area contributed by atoms with Crippen molar-refractivity contribution in [3.8, 4) is 0 Å². The standard InChI is InChI=1S/C8H9ClN2O2S/c1-4-11-8(9)7(14-4)5(12)2-3-6(10)13/h2-3H2,1H3,(H2,10,13). The minimum Gasteiger partial charge on any atom is -0.370 e. The number of nitrogens with two attached hydrogens (primary N) is 1. The van der Waals surface area contributed by atoms with Gasteiger partial charge in [0.05, 0.1) is 5.01 Å². The zero-order chi connectivity index (χ0) is 10.7. The molecule has 6 heteroatoms. The van der Waals surface area contributed by atoms with E-state index in [2.05, 4.69) is 4.98 Å².